The molecule has 4 rings (SSSR count). The zero-order valence-electron chi connectivity index (χ0n) is 15.6. The molecule has 1 atom stereocenters. The van der Waals surface area contributed by atoms with E-state index in [-0.39, 0.29) is 5.91 Å². The van der Waals surface area contributed by atoms with Gasteiger partial charge >= 0.3 is 0 Å². The van der Waals surface area contributed by atoms with Gasteiger partial charge in [-0.25, -0.2) is 0 Å². The number of aromatic nitrogens is 1. The number of carbonyl (C=O) groups is 1. The second kappa shape index (κ2) is 7.80. The molecule has 1 N–H and O–H groups in total. The van der Waals surface area contributed by atoms with Crippen molar-refractivity contribution >= 4 is 11.6 Å². The van der Waals surface area contributed by atoms with Gasteiger partial charge < -0.3 is 9.88 Å². The third kappa shape index (κ3) is 3.81. The first kappa shape index (κ1) is 17.6. The molecule has 1 amide bonds. The fourth-order valence-electron chi connectivity index (χ4n) is 4.01. The number of amides is 1. The lowest BCUT2D eigenvalue weighted by Crippen LogP contribution is -2.33. The number of rotatable bonds is 5. The molecule has 3 aromatic rings. The summed E-state index contributed by atoms with van der Waals surface area (Å²) >= 11 is 0. The first-order valence-electron chi connectivity index (χ1n) is 9.52. The van der Waals surface area contributed by atoms with Gasteiger partial charge in [-0.05, 0) is 43.1 Å². The lowest BCUT2D eigenvalue weighted by Gasteiger charge is -2.24. The van der Waals surface area contributed by atoms with Gasteiger partial charge in [-0.3, -0.25) is 9.69 Å². The van der Waals surface area contributed by atoms with Crippen LogP contribution in [0.2, 0.25) is 0 Å². The summed E-state index contributed by atoms with van der Waals surface area (Å²) in [6, 6.07) is 22.7. The second-order valence-corrected chi connectivity index (χ2v) is 7.13. The molecule has 0 radical (unpaired) electrons. The van der Waals surface area contributed by atoms with E-state index < -0.39 is 0 Å². The Morgan fingerprint density at radius 3 is 2.59 bits per heavy atom. The number of benzene rings is 2. The molecule has 138 valence electrons. The highest BCUT2D eigenvalue weighted by Gasteiger charge is 2.29. The first-order valence-corrected chi connectivity index (χ1v) is 9.52. The molecule has 1 aliphatic heterocycles. The van der Waals surface area contributed by atoms with Crippen molar-refractivity contribution in [3.05, 3.63) is 78.6 Å². The van der Waals surface area contributed by atoms with Crippen molar-refractivity contribution in [2.45, 2.75) is 18.9 Å². The largest absolute Gasteiger partial charge is 0.353 e. The fourth-order valence-corrected chi connectivity index (χ4v) is 4.01. The van der Waals surface area contributed by atoms with Gasteiger partial charge in [0.1, 0.15) is 0 Å². The normalized spacial score (nSPS) is 17.1. The van der Waals surface area contributed by atoms with E-state index in [9.17, 15) is 4.79 Å². The SMILES string of the molecule is Cn1cccc1[C@H]1CCCN1CC(=O)Nc1ccccc1-c1ccccc1. The molecule has 2 heterocycles. The standard InChI is InChI=1S/C23H25N3O/c1-25-15-7-13-21(25)22-14-8-16-26(22)17-23(27)24-20-12-6-5-11-19(20)18-9-3-2-4-10-18/h2-7,9-13,15,22H,8,14,16-17H2,1H3,(H,24,27)/t22-/m1/s1. The molecule has 1 aromatic heterocycles. The maximum absolute atomic E-state index is 12.8. The molecule has 0 unspecified atom stereocenters. The van der Waals surface area contributed by atoms with Crippen LogP contribution in [0.15, 0.2) is 72.9 Å². The molecule has 0 bridgehead atoms. The van der Waals surface area contributed by atoms with E-state index in [1.54, 1.807) is 0 Å². The number of nitrogens with one attached hydrogen (secondary N) is 1. The van der Waals surface area contributed by atoms with Crippen LogP contribution in [0.25, 0.3) is 11.1 Å². The molecular weight excluding hydrogens is 334 g/mol. The van der Waals surface area contributed by atoms with Crippen LogP contribution in [0.3, 0.4) is 0 Å². The highest BCUT2D eigenvalue weighted by atomic mass is 16.2. The highest BCUT2D eigenvalue weighted by Crippen LogP contribution is 2.32. The Hall–Kier alpha value is -2.85. The van der Waals surface area contributed by atoms with E-state index in [4.69, 9.17) is 0 Å². The van der Waals surface area contributed by atoms with E-state index in [0.29, 0.717) is 12.6 Å². The lowest BCUT2D eigenvalue weighted by atomic mass is 10.0. The maximum Gasteiger partial charge on any atom is 0.238 e. The predicted molar refractivity (Wildman–Crippen MR) is 109 cm³/mol. The van der Waals surface area contributed by atoms with E-state index in [0.717, 1.165) is 36.2 Å². The summed E-state index contributed by atoms with van der Waals surface area (Å²) in [6.07, 6.45) is 4.30. The van der Waals surface area contributed by atoms with Gasteiger partial charge in [0.15, 0.2) is 0 Å². The topological polar surface area (TPSA) is 37.3 Å². The van der Waals surface area contributed by atoms with Crippen molar-refractivity contribution in [2.24, 2.45) is 7.05 Å². The molecule has 1 fully saturated rings. The average Bonchev–Trinajstić information content (AvgIpc) is 3.31. The van der Waals surface area contributed by atoms with Crippen molar-refractivity contribution in [3.8, 4) is 11.1 Å². The van der Waals surface area contributed by atoms with E-state index >= 15 is 0 Å². The summed E-state index contributed by atoms with van der Waals surface area (Å²) in [5.74, 6) is 0.0412. The zero-order valence-corrected chi connectivity index (χ0v) is 15.6. The number of hydrogen-bond acceptors (Lipinski definition) is 2. The van der Waals surface area contributed by atoms with Crippen molar-refractivity contribution in [2.75, 3.05) is 18.4 Å². The molecule has 4 heteroatoms. The van der Waals surface area contributed by atoms with Crippen LogP contribution in [-0.2, 0) is 11.8 Å². The van der Waals surface area contributed by atoms with Gasteiger partial charge in [0.25, 0.3) is 0 Å². The quantitative estimate of drug-likeness (QED) is 0.730. The molecular formula is C23H25N3O. The number of anilines is 1. The molecule has 27 heavy (non-hydrogen) atoms. The first-order chi connectivity index (χ1) is 13.2. The Balaban J connectivity index is 1.48. The minimum atomic E-state index is 0.0412. The summed E-state index contributed by atoms with van der Waals surface area (Å²) in [6.45, 7) is 1.38. The van der Waals surface area contributed by atoms with Gasteiger partial charge in [0.2, 0.25) is 5.91 Å². The number of hydrogen-bond donors (Lipinski definition) is 1. The summed E-state index contributed by atoms with van der Waals surface area (Å²) in [7, 11) is 2.07. The van der Waals surface area contributed by atoms with Crippen LogP contribution in [-0.4, -0.2) is 28.5 Å². The third-order valence-corrected chi connectivity index (χ3v) is 5.32. The van der Waals surface area contributed by atoms with E-state index in [1.807, 2.05) is 42.5 Å². The van der Waals surface area contributed by atoms with Crippen LogP contribution in [0.1, 0.15) is 24.6 Å². The molecule has 4 nitrogen and oxygen atoms in total. The van der Waals surface area contributed by atoms with E-state index in [1.165, 1.54) is 5.69 Å². The van der Waals surface area contributed by atoms with Crippen LogP contribution in [0.4, 0.5) is 5.69 Å². The van der Waals surface area contributed by atoms with Gasteiger partial charge in [-0.1, -0.05) is 48.5 Å². The summed E-state index contributed by atoms with van der Waals surface area (Å²) in [4.78, 5) is 15.1. The Morgan fingerprint density at radius 2 is 1.81 bits per heavy atom. The number of aryl methyl sites for hydroxylation is 1. The highest BCUT2D eigenvalue weighted by molar-refractivity contribution is 5.96. The van der Waals surface area contributed by atoms with Crippen molar-refractivity contribution in [1.82, 2.24) is 9.47 Å². The van der Waals surface area contributed by atoms with Crippen LogP contribution in [0.5, 0.6) is 0 Å². The van der Waals surface area contributed by atoms with Gasteiger partial charge in [-0.2, -0.15) is 0 Å². The molecule has 1 aliphatic rings. The van der Waals surface area contributed by atoms with Crippen molar-refractivity contribution in [3.63, 3.8) is 0 Å². The van der Waals surface area contributed by atoms with Crippen LogP contribution >= 0.6 is 0 Å². The monoisotopic (exact) mass is 359 g/mol. The smallest absolute Gasteiger partial charge is 0.238 e. The number of carbonyl (C=O) groups excluding carboxylic acids is 1. The van der Waals surface area contributed by atoms with Crippen molar-refractivity contribution in [1.29, 1.82) is 0 Å². The maximum atomic E-state index is 12.8. The van der Waals surface area contributed by atoms with Crippen molar-refractivity contribution < 1.29 is 4.79 Å². The van der Waals surface area contributed by atoms with Crippen LogP contribution in [0, 0.1) is 0 Å². The molecule has 2 aromatic carbocycles. The third-order valence-electron chi connectivity index (χ3n) is 5.32. The van der Waals surface area contributed by atoms with Crippen LogP contribution < -0.4 is 5.32 Å². The minimum Gasteiger partial charge on any atom is -0.353 e. The second-order valence-electron chi connectivity index (χ2n) is 7.13. The van der Waals surface area contributed by atoms with Gasteiger partial charge in [0.05, 0.1) is 12.6 Å². The van der Waals surface area contributed by atoms with Gasteiger partial charge in [0, 0.05) is 30.2 Å². The zero-order chi connectivity index (χ0) is 18.6. The Kier molecular flexibility index (Phi) is 5.07. The number of para-hydroxylation sites is 1. The minimum absolute atomic E-state index is 0.0412. The Bertz CT molecular complexity index is 916. The molecule has 0 aliphatic carbocycles. The summed E-state index contributed by atoms with van der Waals surface area (Å²) < 4.78 is 2.16. The molecule has 0 saturated carbocycles. The molecule has 0 spiro atoms. The summed E-state index contributed by atoms with van der Waals surface area (Å²) in [5, 5.41) is 3.13. The lowest BCUT2D eigenvalue weighted by molar-refractivity contribution is -0.117. The fraction of sp³-hybridized carbons (Fsp3) is 0.261. The average molecular weight is 359 g/mol. The molecule has 1 saturated heterocycles. The Morgan fingerprint density at radius 1 is 1.04 bits per heavy atom. The van der Waals surface area contributed by atoms with Gasteiger partial charge in [-0.15, -0.1) is 0 Å². The number of nitrogens with zero attached hydrogens (tertiary/aromatic N) is 2. The Labute approximate surface area is 160 Å². The summed E-state index contributed by atoms with van der Waals surface area (Å²) in [5.41, 5.74) is 4.30. The predicted octanol–water partition coefficient (Wildman–Crippen LogP) is 4.47. The van der Waals surface area contributed by atoms with E-state index in [2.05, 4.69) is 52.3 Å². The number of likely N-dealkylation sites (tertiary alicyclic amines) is 1.